The van der Waals surface area contributed by atoms with Crippen molar-refractivity contribution in [3.8, 4) is 0 Å². The fourth-order valence-corrected chi connectivity index (χ4v) is 2.95. The average molecular weight is 255 g/mol. The van der Waals surface area contributed by atoms with E-state index in [-0.39, 0.29) is 0 Å². The molecule has 1 unspecified atom stereocenters. The van der Waals surface area contributed by atoms with Gasteiger partial charge in [0.2, 0.25) is 0 Å². The first kappa shape index (κ1) is 11.4. The largest absolute Gasteiger partial charge is 0.384 e. The maximum absolute atomic E-state index is 10.4. The van der Waals surface area contributed by atoms with E-state index in [1.165, 1.54) is 0 Å². The topological polar surface area (TPSA) is 33.1 Å². The second-order valence-corrected chi connectivity index (χ2v) is 5.11. The van der Waals surface area contributed by atoms with Crippen molar-refractivity contribution >= 4 is 22.2 Å². The zero-order valence-electron chi connectivity index (χ0n) is 10.00. The summed E-state index contributed by atoms with van der Waals surface area (Å²) in [6.07, 6.45) is 1.21. The number of hydrogen-bond donors (Lipinski definition) is 1. The molecule has 3 aromatic rings. The molecule has 90 valence electrons. The first-order valence-electron chi connectivity index (χ1n) is 5.81. The molecule has 0 spiro atoms. The molecule has 0 radical (unpaired) electrons. The fraction of sp³-hybridized carbons (Fsp3) is 0.133. The van der Waals surface area contributed by atoms with Gasteiger partial charge in [0.1, 0.15) is 6.10 Å². The summed E-state index contributed by atoms with van der Waals surface area (Å²) in [6, 6.07) is 9.86. The molecule has 0 amide bonds. The van der Waals surface area contributed by atoms with E-state index in [4.69, 9.17) is 0 Å². The molecule has 0 aliphatic rings. The molecule has 0 aliphatic carbocycles. The smallest absolute Gasteiger partial charge is 0.105 e. The number of hydrogen-bond acceptors (Lipinski definition) is 3. The van der Waals surface area contributed by atoms with Gasteiger partial charge in [-0.2, -0.15) is 11.3 Å². The summed E-state index contributed by atoms with van der Waals surface area (Å²) in [5.74, 6) is 0. The van der Waals surface area contributed by atoms with Crippen LogP contribution in [0.25, 0.3) is 10.9 Å². The second kappa shape index (κ2) is 4.52. The number of nitrogens with zero attached hydrogens (tertiary/aromatic N) is 1. The predicted octanol–water partition coefficient (Wildman–Crippen LogP) is 3.69. The van der Waals surface area contributed by atoms with Crippen LogP contribution in [0.4, 0.5) is 0 Å². The van der Waals surface area contributed by atoms with Gasteiger partial charge in [0.25, 0.3) is 0 Å². The van der Waals surface area contributed by atoms with E-state index in [1.54, 1.807) is 17.5 Å². The Morgan fingerprint density at radius 2 is 2.11 bits per heavy atom. The van der Waals surface area contributed by atoms with Crippen molar-refractivity contribution in [2.75, 3.05) is 0 Å². The first-order chi connectivity index (χ1) is 8.75. The molecule has 3 rings (SSSR count). The molecule has 1 atom stereocenters. The standard InChI is InChI=1S/C15H13NOS/c1-10-8-18-9-13(10)15(17)12-5-4-11-3-2-6-16-14(11)7-12/h2-9,15,17H,1H3. The molecular weight excluding hydrogens is 242 g/mol. The third-order valence-corrected chi connectivity index (χ3v) is 4.02. The van der Waals surface area contributed by atoms with Gasteiger partial charge >= 0.3 is 0 Å². The van der Waals surface area contributed by atoms with Crippen LogP contribution >= 0.6 is 11.3 Å². The van der Waals surface area contributed by atoms with Crippen molar-refractivity contribution in [1.82, 2.24) is 4.98 Å². The van der Waals surface area contributed by atoms with Crippen LogP contribution in [0.2, 0.25) is 0 Å². The summed E-state index contributed by atoms with van der Waals surface area (Å²) >= 11 is 1.62. The fourth-order valence-electron chi connectivity index (χ4n) is 2.08. The lowest BCUT2D eigenvalue weighted by Gasteiger charge is -2.11. The normalized spacial score (nSPS) is 12.8. The minimum atomic E-state index is -0.567. The van der Waals surface area contributed by atoms with Crippen LogP contribution in [-0.4, -0.2) is 10.1 Å². The van der Waals surface area contributed by atoms with Crippen LogP contribution in [-0.2, 0) is 0 Å². The van der Waals surface area contributed by atoms with Crippen molar-refractivity contribution in [1.29, 1.82) is 0 Å². The van der Waals surface area contributed by atoms with Crippen molar-refractivity contribution < 1.29 is 5.11 Å². The monoisotopic (exact) mass is 255 g/mol. The van der Waals surface area contributed by atoms with Gasteiger partial charge in [-0.3, -0.25) is 4.98 Å². The number of rotatable bonds is 2. The molecule has 0 bridgehead atoms. The molecule has 0 saturated carbocycles. The van der Waals surface area contributed by atoms with Crippen LogP contribution in [0.3, 0.4) is 0 Å². The van der Waals surface area contributed by atoms with E-state index in [1.807, 2.05) is 42.6 Å². The Morgan fingerprint density at radius 1 is 1.22 bits per heavy atom. The van der Waals surface area contributed by atoms with Gasteiger partial charge in [0, 0.05) is 11.6 Å². The Hall–Kier alpha value is -1.71. The van der Waals surface area contributed by atoms with E-state index in [0.29, 0.717) is 0 Å². The van der Waals surface area contributed by atoms with Crippen molar-refractivity contribution in [3.63, 3.8) is 0 Å². The molecule has 2 aromatic heterocycles. The summed E-state index contributed by atoms with van der Waals surface area (Å²) in [5, 5.41) is 15.5. The number of aliphatic hydroxyl groups is 1. The molecule has 0 fully saturated rings. The molecule has 2 nitrogen and oxygen atoms in total. The number of benzene rings is 1. The van der Waals surface area contributed by atoms with Crippen LogP contribution in [0.15, 0.2) is 47.3 Å². The lowest BCUT2D eigenvalue weighted by Crippen LogP contribution is -1.99. The third-order valence-electron chi connectivity index (χ3n) is 3.14. The van der Waals surface area contributed by atoms with E-state index in [2.05, 4.69) is 10.4 Å². The van der Waals surface area contributed by atoms with Gasteiger partial charge < -0.3 is 5.11 Å². The lowest BCUT2D eigenvalue weighted by molar-refractivity contribution is 0.220. The maximum atomic E-state index is 10.4. The molecule has 18 heavy (non-hydrogen) atoms. The maximum Gasteiger partial charge on any atom is 0.105 e. The highest BCUT2D eigenvalue weighted by Crippen LogP contribution is 2.28. The van der Waals surface area contributed by atoms with Gasteiger partial charge in [-0.1, -0.05) is 18.2 Å². The van der Waals surface area contributed by atoms with Gasteiger partial charge in [-0.15, -0.1) is 0 Å². The Bertz CT molecular complexity index is 690. The Balaban J connectivity index is 2.07. The predicted molar refractivity (Wildman–Crippen MR) is 74.9 cm³/mol. The first-order valence-corrected chi connectivity index (χ1v) is 6.75. The molecule has 2 heterocycles. The highest BCUT2D eigenvalue weighted by molar-refractivity contribution is 7.08. The highest BCUT2D eigenvalue weighted by Gasteiger charge is 2.14. The Kier molecular flexibility index (Phi) is 2.86. The van der Waals surface area contributed by atoms with E-state index >= 15 is 0 Å². The summed E-state index contributed by atoms with van der Waals surface area (Å²) in [6.45, 7) is 2.02. The average Bonchev–Trinajstić information content (AvgIpc) is 2.83. The number of aliphatic hydroxyl groups excluding tert-OH is 1. The molecule has 0 saturated heterocycles. The SMILES string of the molecule is Cc1cscc1C(O)c1ccc2cccnc2c1. The van der Waals surface area contributed by atoms with Crippen LogP contribution < -0.4 is 0 Å². The highest BCUT2D eigenvalue weighted by atomic mass is 32.1. The van der Waals surface area contributed by atoms with Crippen LogP contribution in [0.1, 0.15) is 22.8 Å². The quantitative estimate of drug-likeness (QED) is 0.757. The third kappa shape index (κ3) is 1.92. The number of thiophene rings is 1. The van der Waals surface area contributed by atoms with Gasteiger partial charge in [-0.25, -0.2) is 0 Å². The minimum Gasteiger partial charge on any atom is -0.384 e. The molecule has 1 aromatic carbocycles. The summed E-state index contributed by atoms with van der Waals surface area (Å²) in [5.41, 5.74) is 3.92. The zero-order chi connectivity index (χ0) is 12.5. The molecule has 1 N–H and O–H groups in total. The van der Waals surface area contributed by atoms with E-state index in [0.717, 1.165) is 27.6 Å². The van der Waals surface area contributed by atoms with Gasteiger partial charge in [-0.05, 0) is 46.5 Å². The second-order valence-electron chi connectivity index (χ2n) is 4.37. The number of pyridine rings is 1. The van der Waals surface area contributed by atoms with Crippen molar-refractivity contribution in [3.05, 3.63) is 64.0 Å². The summed E-state index contributed by atoms with van der Waals surface area (Å²) in [7, 11) is 0. The Labute approximate surface area is 110 Å². The number of aryl methyl sites for hydroxylation is 1. The Morgan fingerprint density at radius 3 is 2.89 bits per heavy atom. The lowest BCUT2D eigenvalue weighted by atomic mass is 10.00. The molecule has 3 heteroatoms. The van der Waals surface area contributed by atoms with Crippen LogP contribution in [0.5, 0.6) is 0 Å². The number of aromatic nitrogens is 1. The number of fused-ring (bicyclic) bond motifs is 1. The van der Waals surface area contributed by atoms with E-state index in [9.17, 15) is 5.11 Å². The van der Waals surface area contributed by atoms with Crippen molar-refractivity contribution in [2.24, 2.45) is 0 Å². The van der Waals surface area contributed by atoms with Gasteiger partial charge in [0.15, 0.2) is 0 Å². The van der Waals surface area contributed by atoms with Gasteiger partial charge in [0.05, 0.1) is 5.52 Å². The summed E-state index contributed by atoms with van der Waals surface area (Å²) < 4.78 is 0. The van der Waals surface area contributed by atoms with E-state index < -0.39 is 6.10 Å². The molecular formula is C15H13NOS. The molecule has 0 aliphatic heterocycles. The van der Waals surface area contributed by atoms with Crippen molar-refractivity contribution in [2.45, 2.75) is 13.0 Å². The van der Waals surface area contributed by atoms with Crippen LogP contribution in [0, 0.1) is 6.92 Å². The summed E-state index contributed by atoms with van der Waals surface area (Å²) in [4.78, 5) is 4.32. The zero-order valence-corrected chi connectivity index (χ0v) is 10.8. The minimum absolute atomic E-state index is 0.567.